The van der Waals surface area contributed by atoms with E-state index < -0.39 is 24.1 Å². The van der Waals surface area contributed by atoms with Crippen LogP contribution in [0, 0.1) is 0 Å². The summed E-state index contributed by atoms with van der Waals surface area (Å²) >= 11 is 0. The summed E-state index contributed by atoms with van der Waals surface area (Å²) in [6, 6.07) is 0. The molecule has 1 fully saturated rings. The van der Waals surface area contributed by atoms with E-state index in [1.807, 2.05) is 0 Å². The molecule has 0 saturated carbocycles. The highest BCUT2D eigenvalue weighted by Gasteiger charge is 2.35. The molecule has 1 aliphatic heterocycles. The van der Waals surface area contributed by atoms with E-state index in [4.69, 9.17) is 4.74 Å². The second-order valence-electron chi connectivity index (χ2n) is 4.76. The summed E-state index contributed by atoms with van der Waals surface area (Å²) in [6.45, 7) is 5.46. The zero-order valence-corrected chi connectivity index (χ0v) is 9.36. The maximum Gasteiger partial charge on any atom is 0.412 e. The molecule has 0 bridgehead atoms. The van der Waals surface area contributed by atoms with E-state index in [0.29, 0.717) is 19.4 Å². The van der Waals surface area contributed by atoms with E-state index in [1.165, 1.54) is 0 Å². The Morgan fingerprint density at radius 2 is 2.13 bits per heavy atom. The van der Waals surface area contributed by atoms with Gasteiger partial charge in [0.25, 0.3) is 0 Å². The number of carbonyl (C=O) groups excluding carboxylic acids is 1. The molecule has 0 aliphatic carbocycles. The molecular weight excluding hydrogens is 201 g/mol. The molecule has 5 heteroatoms. The molecule has 1 rings (SSSR count). The third-order valence-corrected chi connectivity index (χ3v) is 2.14. The number of carbonyl (C=O) groups is 1. The number of halogens is 1. The van der Waals surface area contributed by atoms with E-state index in [9.17, 15) is 14.3 Å². The lowest BCUT2D eigenvalue weighted by Crippen LogP contribution is -2.50. The molecule has 0 spiro atoms. The summed E-state index contributed by atoms with van der Waals surface area (Å²) in [5.41, 5.74) is -0.640. The molecule has 2 atom stereocenters. The molecule has 15 heavy (non-hydrogen) atoms. The highest BCUT2D eigenvalue weighted by Crippen LogP contribution is 2.21. The quantitative estimate of drug-likeness (QED) is 0.630. The molecule has 88 valence electrons. The van der Waals surface area contributed by atoms with Crippen LogP contribution in [0.5, 0.6) is 0 Å². The van der Waals surface area contributed by atoms with Crippen LogP contribution in [0.1, 0.15) is 33.6 Å². The highest BCUT2D eigenvalue weighted by atomic mass is 19.1. The first-order chi connectivity index (χ1) is 6.81. The molecule has 1 saturated heterocycles. The number of piperidine rings is 1. The zero-order valence-electron chi connectivity index (χ0n) is 9.36. The van der Waals surface area contributed by atoms with E-state index in [1.54, 1.807) is 20.8 Å². The van der Waals surface area contributed by atoms with Gasteiger partial charge in [0.15, 0.2) is 0 Å². The molecule has 1 amide bonds. The average molecular weight is 219 g/mol. The van der Waals surface area contributed by atoms with Crippen molar-refractivity contribution in [3.05, 3.63) is 0 Å². The van der Waals surface area contributed by atoms with Gasteiger partial charge < -0.3 is 9.84 Å². The fraction of sp³-hybridized carbons (Fsp3) is 0.900. The lowest BCUT2D eigenvalue weighted by atomic mass is 10.1. The van der Waals surface area contributed by atoms with Gasteiger partial charge in [-0.1, -0.05) is 0 Å². The topological polar surface area (TPSA) is 49.8 Å². The number of likely N-dealkylation sites (tertiary alicyclic amines) is 1. The molecule has 2 unspecified atom stereocenters. The standard InChI is InChI=1S/C10H18FNO3/c1-10(2,3)15-9(14)12-6-4-5-7(13)8(12)11/h7-8,13H,4-6H2,1-3H3. The maximum absolute atomic E-state index is 13.4. The number of aliphatic hydroxyl groups is 1. The smallest absolute Gasteiger partial charge is 0.412 e. The van der Waals surface area contributed by atoms with Crippen LogP contribution in [0.2, 0.25) is 0 Å². The van der Waals surface area contributed by atoms with Crippen LogP contribution in [0.25, 0.3) is 0 Å². The summed E-state index contributed by atoms with van der Waals surface area (Å²) < 4.78 is 18.5. The molecule has 0 radical (unpaired) electrons. The lowest BCUT2D eigenvalue weighted by molar-refractivity contribution is -0.0666. The summed E-state index contributed by atoms with van der Waals surface area (Å²) in [7, 11) is 0. The van der Waals surface area contributed by atoms with Crippen molar-refractivity contribution >= 4 is 6.09 Å². The van der Waals surface area contributed by atoms with Gasteiger partial charge in [0.1, 0.15) is 11.7 Å². The Kier molecular flexibility index (Phi) is 3.54. The van der Waals surface area contributed by atoms with Gasteiger partial charge in [-0.2, -0.15) is 0 Å². The van der Waals surface area contributed by atoms with E-state index in [0.717, 1.165) is 4.90 Å². The normalized spacial score (nSPS) is 27.7. The molecule has 0 aromatic rings. The van der Waals surface area contributed by atoms with Crippen molar-refractivity contribution in [2.24, 2.45) is 0 Å². The van der Waals surface area contributed by atoms with Crippen molar-refractivity contribution in [2.45, 2.75) is 51.6 Å². The Morgan fingerprint density at radius 3 is 2.67 bits per heavy atom. The Labute approximate surface area is 89.0 Å². The molecule has 0 aromatic carbocycles. The summed E-state index contributed by atoms with van der Waals surface area (Å²) in [5.74, 6) is 0. The molecule has 1 heterocycles. The van der Waals surface area contributed by atoms with Crippen LogP contribution in [-0.2, 0) is 4.74 Å². The fourth-order valence-electron chi connectivity index (χ4n) is 1.45. The second kappa shape index (κ2) is 4.35. The fourth-order valence-corrected chi connectivity index (χ4v) is 1.45. The second-order valence-corrected chi connectivity index (χ2v) is 4.76. The van der Waals surface area contributed by atoms with Crippen molar-refractivity contribution in [3.8, 4) is 0 Å². The van der Waals surface area contributed by atoms with Gasteiger partial charge in [-0.05, 0) is 33.6 Å². The minimum atomic E-state index is -1.64. The number of rotatable bonds is 0. The SMILES string of the molecule is CC(C)(C)OC(=O)N1CCCC(O)C1F. The van der Waals surface area contributed by atoms with Gasteiger partial charge in [-0.25, -0.2) is 9.18 Å². The first-order valence-electron chi connectivity index (χ1n) is 5.13. The monoisotopic (exact) mass is 219 g/mol. The number of ether oxygens (including phenoxy) is 1. The van der Waals surface area contributed by atoms with Crippen molar-refractivity contribution in [3.63, 3.8) is 0 Å². The number of aliphatic hydroxyl groups excluding tert-OH is 1. The summed E-state index contributed by atoms with van der Waals surface area (Å²) in [5, 5.41) is 9.27. The predicted molar refractivity (Wildman–Crippen MR) is 53.1 cm³/mol. The number of hydrogen-bond donors (Lipinski definition) is 1. The van der Waals surface area contributed by atoms with Crippen LogP contribution < -0.4 is 0 Å². The van der Waals surface area contributed by atoms with Gasteiger partial charge in [0, 0.05) is 6.54 Å². The average Bonchev–Trinajstić information content (AvgIpc) is 2.06. The van der Waals surface area contributed by atoms with Crippen LogP contribution in [0.15, 0.2) is 0 Å². The lowest BCUT2D eigenvalue weighted by Gasteiger charge is -2.34. The van der Waals surface area contributed by atoms with Gasteiger partial charge >= 0.3 is 6.09 Å². The van der Waals surface area contributed by atoms with Gasteiger partial charge in [-0.3, -0.25) is 4.90 Å². The molecule has 4 nitrogen and oxygen atoms in total. The van der Waals surface area contributed by atoms with Crippen LogP contribution in [0.4, 0.5) is 9.18 Å². The highest BCUT2D eigenvalue weighted by molar-refractivity contribution is 5.68. The minimum Gasteiger partial charge on any atom is -0.444 e. The van der Waals surface area contributed by atoms with Crippen molar-refractivity contribution in [1.82, 2.24) is 4.90 Å². The zero-order chi connectivity index (χ0) is 11.6. The minimum absolute atomic E-state index is 0.299. The van der Waals surface area contributed by atoms with Crippen molar-refractivity contribution < 1.29 is 19.0 Å². The Bertz CT molecular complexity index is 239. The maximum atomic E-state index is 13.4. The number of hydrogen-bond acceptors (Lipinski definition) is 3. The van der Waals surface area contributed by atoms with E-state index >= 15 is 0 Å². The first-order valence-corrected chi connectivity index (χ1v) is 5.13. The van der Waals surface area contributed by atoms with Gasteiger partial charge in [-0.15, -0.1) is 0 Å². The Balaban J connectivity index is 2.59. The number of alkyl halides is 1. The number of amides is 1. The Hall–Kier alpha value is -0.840. The molecule has 1 aliphatic rings. The molecular formula is C10H18FNO3. The predicted octanol–water partition coefficient (Wildman–Crippen LogP) is 1.67. The third kappa shape index (κ3) is 3.34. The summed E-state index contributed by atoms with van der Waals surface area (Å²) in [4.78, 5) is 12.5. The molecule has 1 N–H and O–H groups in total. The van der Waals surface area contributed by atoms with E-state index in [-0.39, 0.29) is 0 Å². The molecule has 0 aromatic heterocycles. The van der Waals surface area contributed by atoms with Crippen LogP contribution >= 0.6 is 0 Å². The van der Waals surface area contributed by atoms with E-state index in [2.05, 4.69) is 0 Å². The van der Waals surface area contributed by atoms with Crippen LogP contribution in [-0.4, -0.2) is 40.6 Å². The van der Waals surface area contributed by atoms with Gasteiger partial charge in [0.05, 0.1) is 0 Å². The van der Waals surface area contributed by atoms with Crippen molar-refractivity contribution in [1.29, 1.82) is 0 Å². The number of nitrogens with zero attached hydrogens (tertiary/aromatic N) is 1. The van der Waals surface area contributed by atoms with Crippen molar-refractivity contribution in [2.75, 3.05) is 6.54 Å². The summed E-state index contributed by atoms with van der Waals surface area (Å²) in [6.07, 6.45) is -2.45. The first kappa shape index (κ1) is 12.2. The van der Waals surface area contributed by atoms with Gasteiger partial charge in [0.2, 0.25) is 6.30 Å². The Morgan fingerprint density at radius 1 is 1.53 bits per heavy atom. The largest absolute Gasteiger partial charge is 0.444 e. The van der Waals surface area contributed by atoms with Crippen LogP contribution in [0.3, 0.4) is 0 Å². The third-order valence-electron chi connectivity index (χ3n) is 2.14.